The van der Waals surface area contributed by atoms with Gasteiger partial charge in [-0.1, -0.05) is 0 Å². The number of hydrogen-bond acceptors (Lipinski definition) is 6. The van der Waals surface area contributed by atoms with Gasteiger partial charge in [0.2, 0.25) is 0 Å². The Hall–Kier alpha value is -1.58. The van der Waals surface area contributed by atoms with Crippen molar-refractivity contribution in [1.82, 2.24) is 9.97 Å². The number of rotatable bonds is 2. The summed E-state index contributed by atoms with van der Waals surface area (Å²) in [5.41, 5.74) is -0.286. The van der Waals surface area contributed by atoms with Crippen molar-refractivity contribution in [1.29, 1.82) is 0 Å². The van der Waals surface area contributed by atoms with Gasteiger partial charge in [-0.05, 0) is 20.8 Å². The third-order valence-electron chi connectivity index (χ3n) is 1.88. The van der Waals surface area contributed by atoms with E-state index in [1.54, 1.807) is 20.8 Å². The number of carbonyl (C=O) groups is 2. The smallest absolute Gasteiger partial charge is 0.542 e. The average Bonchev–Trinajstić information content (AvgIpc) is 2.26. The topological polar surface area (TPSA) is 95.5 Å². The molecule has 0 saturated heterocycles. The molecule has 0 radical (unpaired) electrons. The second-order valence-corrected chi connectivity index (χ2v) is 4.59. The number of aromatic nitrogens is 2. The maximum Gasteiger partial charge on any atom is 1.00 e. The van der Waals surface area contributed by atoms with E-state index >= 15 is 0 Å². The number of hydrogen-bond donors (Lipinski definition) is 0. The van der Waals surface area contributed by atoms with Crippen molar-refractivity contribution in [3.63, 3.8) is 0 Å². The summed E-state index contributed by atoms with van der Waals surface area (Å²) < 4.78 is 5.13. The molecule has 0 aliphatic heterocycles. The van der Waals surface area contributed by atoms with Crippen molar-refractivity contribution >= 4 is 17.7 Å². The number of carboxylic acid groups (broad SMARTS) is 1. The Labute approximate surface area is 123 Å². The van der Waals surface area contributed by atoms with Crippen LogP contribution in [-0.4, -0.2) is 34.7 Å². The first-order valence-corrected chi connectivity index (χ1v) is 5.21. The SMILES string of the molecule is CN(C(=O)OC(C)(C)C)c1cnc(C(=O)[O-])nc1.[Li+]. The molecule has 0 aromatic carbocycles. The number of nitrogens with zero attached hydrogens (tertiary/aromatic N) is 3. The summed E-state index contributed by atoms with van der Waals surface area (Å²) in [5.74, 6) is -1.90. The Bertz CT molecular complexity index is 456. The molecule has 0 N–H and O–H groups in total. The van der Waals surface area contributed by atoms with Gasteiger partial charge in [-0.2, -0.15) is 0 Å². The summed E-state index contributed by atoms with van der Waals surface area (Å²) >= 11 is 0. The van der Waals surface area contributed by atoms with Gasteiger partial charge in [-0.3, -0.25) is 4.90 Å². The van der Waals surface area contributed by atoms with Crippen molar-refractivity contribution in [3.8, 4) is 0 Å². The molecule has 1 aromatic rings. The van der Waals surface area contributed by atoms with Crippen LogP contribution in [0, 0.1) is 0 Å². The van der Waals surface area contributed by atoms with Gasteiger partial charge >= 0.3 is 25.0 Å². The van der Waals surface area contributed by atoms with E-state index in [2.05, 4.69) is 9.97 Å². The van der Waals surface area contributed by atoms with Crippen LogP contribution in [0.1, 0.15) is 31.4 Å². The van der Waals surface area contributed by atoms with E-state index in [-0.39, 0.29) is 18.9 Å². The quantitative estimate of drug-likeness (QED) is 0.533. The predicted octanol–water partition coefficient (Wildman–Crippen LogP) is -2.78. The zero-order chi connectivity index (χ0) is 13.9. The van der Waals surface area contributed by atoms with Crippen LogP contribution in [0.5, 0.6) is 0 Å². The largest absolute Gasteiger partial charge is 1.00 e. The minimum absolute atomic E-state index is 0. The molecule has 1 amide bonds. The molecular formula is C11H14LiN3O4. The standard InChI is InChI=1S/C11H15N3O4.Li/c1-11(2,3)18-10(17)14(4)7-5-12-8(9(15)16)13-6-7;/h5-6H,1-4H3,(H,15,16);/q;+1/p-1. The molecule has 8 heteroatoms. The number of anilines is 1. The van der Waals surface area contributed by atoms with Crippen LogP contribution < -0.4 is 28.9 Å². The van der Waals surface area contributed by atoms with Crippen molar-refractivity contribution in [2.24, 2.45) is 0 Å². The summed E-state index contributed by atoms with van der Waals surface area (Å²) in [7, 11) is 1.48. The molecule has 7 nitrogen and oxygen atoms in total. The Morgan fingerprint density at radius 1 is 1.26 bits per heavy atom. The summed E-state index contributed by atoms with van der Waals surface area (Å²) in [6.07, 6.45) is 1.84. The number of carbonyl (C=O) groups excluding carboxylic acids is 2. The fourth-order valence-electron chi connectivity index (χ4n) is 1.04. The minimum Gasteiger partial charge on any atom is -0.542 e. The fraction of sp³-hybridized carbons (Fsp3) is 0.455. The molecule has 19 heavy (non-hydrogen) atoms. The molecule has 1 rings (SSSR count). The molecule has 98 valence electrons. The number of amides is 1. The molecule has 0 aliphatic rings. The van der Waals surface area contributed by atoms with Crippen molar-refractivity contribution in [2.75, 3.05) is 11.9 Å². The van der Waals surface area contributed by atoms with E-state index in [4.69, 9.17) is 4.74 Å². The Kier molecular flexibility index (Phi) is 6.00. The van der Waals surface area contributed by atoms with Crippen LogP contribution in [0.2, 0.25) is 0 Å². The molecule has 0 saturated carbocycles. The van der Waals surface area contributed by atoms with Crippen molar-refractivity contribution in [2.45, 2.75) is 26.4 Å². The zero-order valence-corrected chi connectivity index (χ0v) is 11.6. The van der Waals surface area contributed by atoms with E-state index in [1.807, 2.05) is 0 Å². The van der Waals surface area contributed by atoms with Crippen LogP contribution in [0.4, 0.5) is 10.5 Å². The number of aromatic carboxylic acids is 1. The summed E-state index contributed by atoms with van der Waals surface area (Å²) in [5, 5.41) is 10.5. The minimum atomic E-state index is -1.47. The zero-order valence-electron chi connectivity index (χ0n) is 11.6. The number of ether oxygens (including phenoxy) is 1. The van der Waals surface area contributed by atoms with Gasteiger partial charge in [0.1, 0.15) is 11.6 Å². The van der Waals surface area contributed by atoms with Gasteiger partial charge < -0.3 is 14.6 Å². The van der Waals surface area contributed by atoms with Crippen LogP contribution in [0.25, 0.3) is 0 Å². The van der Waals surface area contributed by atoms with Crippen LogP contribution in [0.3, 0.4) is 0 Å². The monoisotopic (exact) mass is 259 g/mol. The maximum absolute atomic E-state index is 11.7. The normalized spacial score (nSPS) is 10.3. The molecule has 0 spiro atoms. The van der Waals surface area contributed by atoms with E-state index in [9.17, 15) is 14.7 Å². The van der Waals surface area contributed by atoms with Gasteiger partial charge in [-0.25, -0.2) is 14.8 Å². The second kappa shape index (κ2) is 6.55. The average molecular weight is 259 g/mol. The molecular weight excluding hydrogens is 245 g/mol. The van der Waals surface area contributed by atoms with Gasteiger partial charge in [0.15, 0.2) is 5.82 Å². The molecule has 1 heterocycles. The first-order chi connectivity index (χ1) is 8.20. The van der Waals surface area contributed by atoms with Crippen molar-refractivity contribution < 1.29 is 38.3 Å². The molecule has 1 aromatic heterocycles. The Balaban J connectivity index is 0.00000324. The van der Waals surface area contributed by atoms with Crippen LogP contribution in [0.15, 0.2) is 12.4 Å². The van der Waals surface area contributed by atoms with Gasteiger partial charge in [0.05, 0.1) is 18.1 Å². The fourth-order valence-corrected chi connectivity index (χ4v) is 1.04. The summed E-state index contributed by atoms with van der Waals surface area (Å²) in [4.78, 5) is 30.5. The number of carboxylic acids is 1. The van der Waals surface area contributed by atoms with Gasteiger partial charge in [0, 0.05) is 7.05 Å². The van der Waals surface area contributed by atoms with E-state index in [0.717, 1.165) is 0 Å². The van der Waals surface area contributed by atoms with Gasteiger partial charge in [-0.15, -0.1) is 0 Å². The van der Waals surface area contributed by atoms with Gasteiger partial charge in [0.25, 0.3) is 0 Å². The third kappa shape index (κ3) is 5.28. The Morgan fingerprint density at radius 2 is 1.74 bits per heavy atom. The third-order valence-corrected chi connectivity index (χ3v) is 1.88. The second-order valence-electron chi connectivity index (χ2n) is 4.59. The first-order valence-electron chi connectivity index (χ1n) is 5.21. The van der Waals surface area contributed by atoms with Crippen LogP contribution >= 0.6 is 0 Å². The molecule has 0 bridgehead atoms. The van der Waals surface area contributed by atoms with Crippen molar-refractivity contribution in [3.05, 3.63) is 18.2 Å². The molecule has 0 atom stereocenters. The van der Waals surface area contributed by atoms with Crippen LogP contribution in [-0.2, 0) is 4.74 Å². The maximum atomic E-state index is 11.7. The first kappa shape index (κ1) is 17.4. The van der Waals surface area contributed by atoms with E-state index < -0.39 is 23.5 Å². The summed E-state index contributed by atoms with van der Waals surface area (Å²) in [6, 6.07) is 0. The molecule has 0 unspecified atom stereocenters. The molecule has 0 fully saturated rings. The molecule has 0 aliphatic carbocycles. The Morgan fingerprint density at radius 3 is 2.11 bits per heavy atom. The van der Waals surface area contributed by atoms with E-state index in [1.165, 1.54) is 24.3 Å². The predicted molar refractivity (Wildman–Crippen MR) is 61.0 cm³/mol. The summed E-state index contributed by atoms with van der Waals surface area (Å²) in [6.45, 7) is 5.23. The van der Waals surface area contributed by atoms with E-state index in [0.29, 0.717) is 5.69 Å².